The number of unbranched alkanes of at least 4 members (excludes halogenated alkanes) is 3. The van der Waals surface area contributed by atoms with Crippen LogP contribution in [0.4, 0.5) is 0 Å². The van der Waals surface area contributed by atoms with Crippen LogP contribution >= 0.6 is 0 Å². The summed E-state index contributed by atoms with van der Waals surface area (Å²) >= 11 is 0. The summed E-state index contributed by atoms with van der Waals surface area (Å²) < 4.78 is 0. The van der Waals surface area contributed by atoms with E-state index in [1.807, 2.05) is 18.2 Å². The highest BCUT2D eigenvalue weighted by atomic mass is 16.6. The molecule has 1 aromatic carbocycles. The fraction of sp³-hybridized carbons (Fsp3) is 0.429. The molecule has 3 nitrogen and oxygen atoms in total. The number of rotatable bonds is 7. The molecule has 0 aromatic heterocycles. The van der Waals surface area contributed by atoms with E-state index in [2.05, 4.69) is 18.1 Å². The first-order valence-corrected chi connectivity index (χ1v) is 6.03. The monoisotopic (exact) mass is 230 g/mol. The Morgan fingerprint density at radius 1 is 1.29 bits per heavy atom. The SMILES string of the molecule is CCCCCCON=Cc1ccccc1C#N. The molecule has 0 N–H and O–H groups in total. The molecule has 0 atom stereocenters. The Hall–Kier alpha value is -1.82. The Morgan fingerprint density at radius 3 is 2.88 bits per heavy atom. The lowest BCUT2D eigenvalue weighted by Gasteiger charge is -1.99. The first kappa shape index (κ1) is 13.2. The Balaban J connectivity index is 2.31. The quantitative estimate of drug-likeness (QED) is 0.409. The van der Waals surface area contributed by atoms with Crippen LogP contribution in [0.2, 0.25) is 0 Å². The first-order chi connectivity index (χ1) is 8.38. The van der Waals surface area contributed by atoms with E-state index in [0.717, 1.165) is 12.0 Å². The van der Waals surface area contributed by atoms with E-state index in [9.17, 15) is 0 Å². The molecule has 0 bridgehead atoms. The summed E-state index contributed by atoms with van der Waals surface area (Å²) in [5.41, 5.74) is 1.41. The van der Waals surface area contributed by atoms with Crippen molar-refractivity contribution < 1.29 is 4.84 Å². The van der Waals surface area contributed by atoms with E-state index in [1.54, 1.807) is 12.3 Å². The molecule has 0 aliphatic carbocycles. The zero-order valence-corrected chi connectivity index (χ0v) is 10.2. The molecule has 3 heteroatoms. The number of nitrogens with zero attached hydrogens (tertiary/aromatic N) is 2. The third kappa shape index (κ3) is 5.17. The van der Waals surface area contributed by atoms with Gasteiger partial charge in [-0.1, -0.05) is 43.1 Å². The fourth-order valence-corrected chi connectivity index (χ4v) is 1.45. The smallest absolute Gasteiger partial charge is 0.117 e. The minimum absolute atomic E-state index is 0.617. The van der Waals surface area contributed by atoms with Gasteiger partial charge >= 0.3 is 0 Å². The molecule has 17 heavy (non-hydrogen) atoms. The van der Waals surface area contributed by atoms with Crippen molar-refractivity contribution in [1.82, 2.24) is 0 Å². The molecular weight excluding hydrogens is 212 g/mol. The second-order valence-electron chi connectivity index (χ2n) is 3.83. The summed E-state index contributed by atoms with van der Waals surface area (Å²) in [6, 6.07) is 9.45. The van der Waals surface area contributed by atoms with E-state index < -0.39 is 0 Å². The molecule has 0 aliphatic rings. The van der Waals surface area contributed by atoms with Gasteiger partial charge in [-0.05, 0) is 18.9 Å². The minimum Gasteiger partial charge on any atom is -0.396 e. The van der Waals surface area contributed by atoms with Crippen LogP contribution in [-0.4, -0.2) is 12.8 Å². The van der Waals surface area contributed by atoms with E-state index >= 15 is 0 Å². The van der Waals surface area contributed by atoms with Crippen molar-refractivity contribution in [3.63, 3.8) is 0 Å². The van der Waals surface area contributed by atoms with Crippen LogP contribution in [0.25, 0.3) is 0 Å². The minimum atomic E-state index is 0.617. The molecule has 0 saturated heterocycles. The molecule has 0 heterocycles. The Morgan fingerprint density at radius 2 is 2.12 bits per heavy atom. The average Bonchev–Trinajstić information content (AvgIpc) is 2.38. The standard InChI is InChI=1S/C14H18N2O/c1-2-3-4-7-10-17-16-12-14-9-6-5-8-13(14)11-15/h5-6,8-9,12H,2-4,7,10H2,1H3. The Kier molecular flexibility index (Phi) is 6.50. The van der Waals surface area contributed by atoms with Gasteiger partial charge in [-0.15, -0.1) is 0 Å². The van der Waals surface area contributed by atoms with Crippen LogP contribution in [0.5, 0.6) is 0 Å². The molecule has 0 fully saturated rings. The van der Waals surface area contributed by atoms with Crippen molar-refractivity contribution in [2.24, 2.45) is 5.16 Å². The van der Waals surface area contributed by atoms with E-state index in [-0.39, 0.29) is 0 Å². The highest BCUT2D eigenvalue weighted by Crippen LogP contribution is 2.04. The van der Waals surface area contributed by atoms with Crippen LogP contribution in [0.15, 0.2) is 29.4 Å². The molecule has 0 saturated carbocycles. The largest absolute Gasteiger partial charge is 0.396 e. The van der Waals surface area contributed by atoms with Gasteiger partial charge in [0.1, 0.15) is 6.61 Å². The Bertz CT molecular complexity index is 393. The van der Waals surface area contributed by atoms with Crippen molar-refractivity contribution in [2.75, 3.05) is 6.61 Å². The van der Waals surface area contributed by atoms with Crippen LogP contribution in [-0.2, 0) is 4.84 Å². The van der Waals surface area contributed by atoms with Gasteiger partial charge in [-0.2, -0.15) is 5.26 Å². The van der Waals surface area contributed by atoms with E-state index in [1.165, 1.54) is 19.3 Å². The third-order valence-electron chi connectivity index (χ3n) is 2.44. The lowest BCUT2D eigenvalue weighted by Crippen LogP contribution is -1.91. The maximum Gasteiger partial charge on any atom is 0.117 e. The van der Waals surface area contributed by atoms with Crippen LogP contribution in [0.1, 0.15) is 43.7 Å². The van der Waals surface area contributed by atoms with Crippen molar-refractivity contribution in [3.8, 4) is 6.07 Å². The van der Waals surface area contributed by atoms with Gasteiger partial charge in [0.25, 0.3) is 0 Å². The molecule has 0 amide bonds. The van der Waals surface area contributed by atoms with Gasteiger partial charge in [0.15, 0.2) is 0 Å². The first-order valence-electron chi connectivity index (χ1n) is 6.03. The zero-order chi connectivity index (χ0) is 12.3. The average molecular weight is 230 g/mol. The molecule has 90 valence electrons. The number of hydrogen-bond donors (Lipinski definition) is 0. The van der Waals surface area contributed by atoms with Crippen LogP contribution in [0.3, 0.4) is 0 Å². The molecule has 0 radical (unpaired) electrons. The highest BCUT2D eigenvalue weighted by molar-refractivity contribution is 5.82. The Labute approximate surface area is 103 Å². The second-order valence-corrected chi connectivity index (χ2v) is 3.83. The van der Waals surface area contributed by atoms with Crippen molar-refractivity contribution in [1.29, 1.82) is 5.26 Å². The lowest BCUT2D eigenvalue weighted by molar-refractivity contribution is 0.141. The van der Waals surface area contributed by atoms with Crippen LogP contribution in [0, 0.1) is 11.3 Å². The van der Waals surface area contributed by atoms with Gasteiger partial charge in [0.2, 0.25) is 0 Å². The molecule has 1 rings (SSSR count). The number of hydrogen-bond acceptors (Lipinski definition) is 3. The number of benzene rings is 1. The molecular formula is C14H18N2O. The summed E-state index contributed by atoms with van der Waals surface area (Å²) in [5.74, 6) is 0. The van der Waals surface area contributed by atoms with Gasteiger partial charge in [0.05, 0.1) is 17.8 Å². The predicted molar refractivity (Wildman–Crippen MR) is 68.8 cm³/mol. The third-order valence-corrected chi connectivity index (χ3v) is 2.44. The molecule has 1 aromatic rings. The van der Waals surface area contributed by atoms with Crippen molar-refractivity contribution >= 4 is 6.21 Å². The summed E-state index contributed by atoms with van der Waals surface area (Å²) in [6.45, 7) is 2.82. The van der Waals surface area contributed by atoms with Gasteiger partial charge < -0.3 is 4.84 Å². The van der Waals surface area contributed by atoms with Gasteiger partial charge in [0, 0.05) is 5.56 Å². The van der Waals surface area contributed by atoms with Crippen molar-refractivity contribution in [3.05, 3.63) is 35.4 Å². The maximum atomic E-state index is 8.87. The zero-order valence-electron chi connectivity index (χ0n) is 10.2. The van der Waals surface area contributed by atoms with Gasteiger partial charge in [-0.25, -0.2) is 0 Å². The van der Waals surface area contributed by atoms with Gasteiger partial charge in [-0.3, -0.25) is 0 Å². The molecule has 0 unspecified atom stereocenters. The number of nitriles is 1. The molecule has 0 aliphatic heterocycles. The summed E-state index contributed by atoms with van der Waals surface area (Å²) in [6.07, 6.45) is 6.27. The molecule has 0 spiro atoms. The predicted octanol–water partition coefficient (Wildman–Crippen LogP) is 3.49. The fourth-order valence-electron chi connectivity index (χ4n) is 1.45. The van der Waals surface area contributed by atoms with Crippen molar-refractivity contribution in [2.45, 2.75) is 32.6 Å². The summed E-state index contributed by atoms with van der Waals surface area (Å²) in [7, 11) is 0. The summed E-state index contributed by atoms with van der Waals surface area (Å²) in [4.78, 5) is 5.14. The van der Waals surface area contributed by atoms with E-state index in [4.69, 9.17) is 10.1 Å². The second kappa shape index (κ2) is 8.35. The van der Waals surface area contributed by atoms with E-state index in [0.29, 0.717) is 12.2 Å². The topological polar surface area (TPSA) is 45.4 Å². The number of oxime groups is 1. The maximum absolute atomic E-state index is 8.87. The lowest BCUT2D eigenvalue weighted by atomic mass is 10.1. The van der Waals surface area contributed by atoms with Crippen LogP contribution < -0.4 is 0 Å². The summed E-state index contributed by atoms with van der Waals surface area (Å²) in [5, 5.41) is 12.7. The highest BCUT2D eigenvalue weighted by Gasteiger charge is 1.96. The normalized spacial score (nSPS) is 10.4.